The largest absolute Gasteiger partial charge is 0.312 e. The van der Waals surface area contributed by atoms with Gasteiger partial charge in [-0.1, -0.05) is 25.1 Å². The summed E-state index contributed by atoms with van der Waals surface area (Å²) in [7, 11) is -3.50. The quantitative estimate of drug-likeness (QED) is 0.768. The monoisotopic (exact) mass is 324 g/mol. The summed E-state index contributed by atoms with van der Waals surface area (Å²) in [5, 5.41) is 3.27. The van der Waals surface area contributed by atoms with Gasteiger partial charge in [-0.05, 0) is 43.7 Å². The van der Waals surface area contributed by atoms with E-state index in [4.69, 9.17) is 0 Å². The minimum Gasteiger partial charge on any atom is -0.312 e. The Balaban J connectivity index is 2.11. The highest BCUT2D eigenvalue weighted by atomic mass is 32.2. The van der Waals surface area contributed by atoms with Gasteiger partial charge in [0.15, 0.2) is 0 Å². The van der Waals surface area contributed by atoms with Crippen LogP contribution in [0.1, 0.15) is 23.8 Å². The average Bonchev–Trinajstić information content (AvgIpc) is 2.91. The Bertz CT molecular complexity index is 693. The fourth-order valence-electron chi connectivity index (χ4n) is 1.87. The highest BCUT2D eigenvalue weighted by Gasteiger charge is 2.17. The molecule has 0 bridgehead atoms. The summed E-state index contributed by atoms with van der Waals surface area (Å²) >= 11 is 1.30. The normalized spacial score (nSPS) is 11.5. The van der Waals surface area contributed by atoms with E-state index in [1.165, 1.54) is 11.3 Å². The van der Waals surface area contributed by atoms with Crippen LogP contribution in [-0.4, -0.2) is 15.0 Å². The molecule has 2 rings (SSSR count). The van der Waals surface area contributed by atoms with Crippen molar-refractivity contribution in [1.29, 1.82) is 0 Å². The minimum absolute atomic E-state index is 0.346. The maximum Gasteiger partial charge on any atom is 0.271 e. The third kappa shape index (κ3) is 4.30. The van der Waals surface area contributed by atoms with Crippen LogP contribution >= 0.6 is 11.3 Å². The summed E-state index contributed by atoms with van der Waals surface area (Å²) in [6.07, 6.45) is 1.06. The highest BCUT2D eigenvalue weighted by Crippen LogP contribution is 2.25. The third-order valence-electron chi connectivity index (χ3n) is 3.02. The van der Waals surface area contributed by atoms with Crippen molar-refractivity contribution in [3.63, 3.8) is 0 Å². The van der Waals surface area contributed by atoms with E-state index >= 15 is 0 Å². The van der Waals surface area contributed by atoms with E-state index in [-0.39, 0.29) is 0 Å². The third-order valence-corrected chi connectivity index (χ3v) is 5.96. The number of nitrogens with one attached hydrogen (secondary N) is 2. The number of rotatable bonds is 7. The number of hydrogen-bond donors (Lipinski definition) is 2. The van der Waals surface area contributed by atoms with E-state index in [1.54, 1.807) is 12.1 Å². The molecule has 0 atom stereocenters. The van der Waals surface area contributed by atoms with Crippen LogP contribution in [0.2, 0.25) is 0 Å². The summed E-state index contributed by atoms with van der Waals surface area (Å²) < 4.78 is 27.7. The predicted octanol–water partition coefficient (Wildman–Crippen LogP) is 3.36. The Morgan fingerprint density at radius 2 is 1.90 bits per heavy atom. The lowest BCUT2D eigenvalue weighted by molar-refractivity contribution is 0.603. The molecule has 1 heterocycles. The Hall–Kier alpha value is -1.37. The molecule has 0 saturated heterocycles. The molecule has 4 nitrogen and oxygen atoms in total. The second kappa shape index (κ2) is 7.06. The van der Waals surface area contributed by atoms with Crippen LogP contribution in [0.3, 0.4) is 0 Å². The van der Waals surface area contributed by atoms with Gasteiger partial charge in [0.25, 0.3) is 10.0 Å². The SMILES string of the molecule is CCCNCc1ccc(S(=O)(=O)Nc2ccccc2C)s1. The molecule has 0 radical (unpaired) electrons. The van der Waals surface area contributed by atoms with Crippen LogP contribution in [0.4, 0.5) is 5.69 Å². The highest BCUT2D eigenvalue weighted by molar-refractivity contribution is 7.94. The van der Waals surface area contributed by atoms with Crippen molar-refractivity contribution in [2.45, 2.75) is 31.0 Å². The zero-order chi connectivity index (χ0) is 15.3. The zero-order valence-electron chi connectivity index (χ0n) is 12.2. The van der Waals surface area contributed by atoms with E-state index < -0.39 is 10.0 Å². The molecular weight excluding hydrogens is 304 g/mol. The van der Waals surface area contributed by atoms with Gasteiger partial charge in [-0.15, -0.1) is 11.3 Å². The molecule has 0 aliphatic rings. The molecule has 1 aromatic heterocycles. The maximum absolute atomic E-state index is 12.4. The molecule has 2 N–H and O–H groups in total. The van der Waals surface area contributed by atoms with Crippen LogP contribution < -0.4 is 10.0 Å². The molecule has 0 saturated carbocycles. The molecular formula is C15H20N2O2S2. The molecule has 21 heavy (non-hydrogen) atoms. The van der Waals surface area contributed by atoms with Crippen LogP contribution in [-0.2, 0) is 16.6 Å². The summed E-state index contributed by atoms with van der Waals surface area (Å²) in [6, 6.07) is 10.9. The predicted molar refractivity (Wildman–Crippen MR) is 88.3 cm³/mol. The van der Waals surface area contributed by atoms with E-state index in [0.29, 0.717) is 16.4 Å². The van der Waals surface area contributed by atoms with Gasteiger partial charge in [0.2, 0.25) is 0 Å². The molecule has 6 heteroatoms. The van der Waals surface area contributed by atoms with Crippen LogP contribution in [0.5, 0.6) is 0 Å². The van der Waals surface area contributed by atoms with Gasteiger partial charge in [-0.3, -0.25) is 4.72 Å². The lowest BCUT2D eigenvalue weighted by Crippen LogP contribution is -2.13. The number of anilines is 1. The number of thiophene rings is 1. The van der Waals surface area contributed by atoms with Crippen molar-refractivity contribution in [1.82, 2.24) is 5.32 Å². The second-order valence-electron chi connectivity index (χ2n) is 4.82. The van der Waals surface area contributed by atoms with Gasteiger partial charge < -0.3 is 5.32 Å². The minimum atomic E-state index is -3.50. The first-order valence-electron chi connectivity index (χ1n) is 6.91. The van der Waals surface area contributed by atoms with Gasteiger partial charge in [0.05, 0.1) is 5.69 Å². The van der Waals surface area contributed by atoms with Gasteiger partial charge in [-0.25, -0.2) is 8.42 Å². The van der Waals surface area contributed by atoms with Crippen molar-refractivity contribution in [2.24, 2.45) is 0 Å². The van der Waals surface area contributed by atoms with Crippen molar-refractivity contribution in [3.8, 4) is 0 Å². The van der Waals surface area contributed by atoms with Gasteiger partial charge in [0.1, 0.15) is 4.21 Å². The van der Waals surface area contributed by atoms with Gasteiger partial charge in [0, 0.05) is 11.4 Å². The second-order valence-corrected chi connectivity index (χ2v) is 7.90. The lowest BCUT2D eigenvalue weighted by atomic mass is 10.2. The molecule has 0 spiro atoms. The molecule has 0 aliphatic heterocycles. The van der Waals surface area contributed by atoms with E-state index in [2.05, 4.69) is 17.0 Å². The van der Waals surface area contributed by atoms with Crippen LogP contribution in [0.25, 0.3) is 0 Å². The topological polar surface area (TPSA) is 58.2 Å². The average molecular weight is 324 g/mol. The molecule has 2 aromatic rings. The Kier molecular flexibility index (Phi) is 5.39. The number of para-hydroxylation sites is 1. The van der Waals surface area contributed by atoms with E-state index in [1.807, 2.05) is 31.2 Å². The Morgan fingerprint density at radius 1 is 1.14 bits per heavy atom. The standard InChI is InChI=1S/C15H20N2O2S2/c1-3-10-16-11-13-8-9-15(20-13)21(18,19)17-14-7-5-4-6-12(14)2/h4-9,16-17H,3,10-11H2,1-2H3. The fraction of sp³-hybridized carbons (Fsp3) is 0.333. The van der Waals surface area contributed by atoms with Crippen LogP contribution in [0, 0.1) is 6.92 Å². The van der Waals surface area contributed by atoms with Crippen molar-refractivity contribution in [3.05, 3.63) is 46.8 Å². The summed E-state index contributed by atoms with van der Waals surface area (Å²) in [4.78, 5) is 1.02. The molecule has 0 amide bonds. The summed E-state index contributed by atoms with van der Waals surface area (Å²) in [6.45, 7) is 5.62. The van der Waals surface area contributed by atoms with E-state index in [9.17, 15) is 8.42 Å². The first-order valence-corrected chi connectivity index (χ1v) is 9.21. The van der Waals surface area contributed by atoms with Crippen molar-refractivity contribution < 1.29 is 8.42 Å². The smallest absolute Gasteiger partial charge is 0.271 e. The first kappa shape index (κ1) is 16.0. The number of benzene rings is 1. The van der Waals surface area contributed by atoms with E-state index in [0.717, 1.165) is 23.4 Å². The molecule has 0 unspecified atom stereocenters. The van der Waals surface area contributed by atoms with Crippen molar-refractivity contribution in [2.75, 3.05) is 11.3 Å². The molecule has 114 valence electrons. The van der Waals surface area contributed by atoms with Gasteiger partial charge >= 0.3 is 0 Å². The molecule has 1 aromatic carbocycles. The number of hydrogen-bond acceptors (Lipinski definition) is 4. The maximum atomic E-state index is 12.4. The fourth-order valence-corrected chi connectivity index (χ4v) is 4.32. The molecule has 0 aliphatic carbocycles. The van der Waals surface area contributed by atoms with Gasteiger partial charge in [-0.2, -0.15) is 0 Å². The summed E-state index contributed by atoms with van der Waals surface area (Å²) in [5.41, 5.74) is 1.53. The number of aryl methyl sites for hydroxylation is 1. The Labute approximate surface area is 130 Å². The lowest BCUT2D eigenvalue weighted by Gasteiger charge is -2.08. The zero-order valence-corrected chi connectivity index (χ0v) is 13.9. The first-order chi connectivity index (χ1) is 10.0. The number of sulfonamides is 1. The summed E-state index contributed by atoms with van der Waals surface area (Å²) in [5.74, 6) is 0. The Morgan fingerprint density at radius 3 is 2.62 bits per heavy atom. The van der Waals surface area contributed by atoms with Crippen molar-refractivity contribution >= 4 is 27.0 Å². The van der Waals surface area contributed by atoms with Crippen LogP contribution in [0.15, 0.2) is 40.6 Å². The molecule has 0 fully saturated rings.